The van der Waals surface area contributed by atoms with Crippen LogP contribution < -0.4 is 16.4 Å². The van der Waals surface area contributed by atoms with Gasteiger partial charge in [-0.1, -0.05) is 0 Å². The summed E-state index contributed by atoms with van der Waals surface area (Å²) in [6.45, 7) is 4.99. The van der Waals surface area contributed by atoms with E-state index < -0.39 is 5.97 Å². The lowest BCUT2D eigenvalue weighted by Crippen LogP contribution is -2.18. The fourth-order valence-corrected chi connectivity index (χ4v) is 1.68. The summed E-state index contributed by atoms with van der Waals surface area (Å²) in [4.78, 5) is 23.3. The number of nitrogens with two attached hydrogens (primary N) is 1. The molecule has 0 aliphatic carbocycles. The molecule has 1 amide bonds. The zero-order valence-electron chi connectivity index (χ0n) is 11.9. The number of esters is 1. The Hall–Kier alpha value is -2.08. The largest absolute Gasteiger partial charge is 0.462 e. The predicted octanol–water partition coefficient (Wildman–Crippen LogP) is 1.58. The van der Waals surface area contributed by atoms with Gasteiger partial charge in [0, 0.05) is 19.5 Å². The Morgan fingerprint density at radius 1 is 1.25 bits per heavy atom. The number of nitrogens with one attached hydrogen (secondary N) is 2. The molecule has 0 heterocycles. The minimum atomic E-state index is -0.412. The van der Waals surface area contributed by atoms with Crippen LogP contribution in [0.3, 0.4) is 0 Å². The van der Waals surface area contributed by atoms with Gasteiger partial charge in [0.05, 0.1) is 23.5 Å². The Morgan fingerprint density at radius 2 is 2.00 bits per heavy atom. The summed E-state index contributed by atoms with van der Waals surface area (Å²) < 4.78 is 4.94. The molecular weight excluding hydrogens is 258 g/mol. The van der Waals surface area contributed by atoms with Gasteiger partial charge in [-0.25, -0.2) is 4.79 Å². The van der Waals surface area contributed by atoms with E-state index in [1.165, 1.54) is 0 Å². The van der Waals surface area contributed by atoms with Gasteiger partial charge in [0.1, 0.15) is 0 Å². The normalized spacial score (nSPS) is 9.95. The van der Waals surface area contributed by atoms with Crippen LogP contribution in [0.25, 0.3) is 0 Å². The number of benzene rings is 1. The zero-order valence-corrected chi connectivity index (χ0v) is 11.9. The molecule has 4 N–H and O–H groups in total. The molecule has 0 saturated heterocycles. The fraction of sp³-hybridized carbons (Fsp3) is 0.429. The molecule has 0 fully saturated rings. The van der Waals surface area contributed by atoms with E-state index in [0.717, 1.165) is 5.69 Å². The first-order valence-corrected chi connectivity index (χ1v) is 6.67. The number of carbonyl (C=O) groups is 2. The van der Waals surface area contributed by atoms with Crippen LogP contribution in [-0.4, -0.2) is 31.6 Å². The average molecular weight is 279 g/mol. The molecular formula is C14H21N3O3. The van der Waals surface area contributed by atoms with E-state index in [4.69, 9.17) is 10.5 Å². The summed E-state index contributed by atoms with van der Waals surface area (Å²) in [6.07, 6.45) is 0.231. The first-order valence-electron chi connectivity index (χ1n) is 6.67. The highest BCUT2D eigenvalue weighted by Crippen LogP contribution is 2.24. The summed E-state index contributed by atoms with van der Waals surface area (Å²) in [7, 11) is 0. The van der Waals surface area contributed by atoms with Gasteiger partial charge in [0.15, 0.2) is 0 Å². The second-order valence-corrected chi connectivity index (χ2v) is 4.10. The first kappa shape index (κ1) is 16.0. The molecule has 0 aliphatic heterocycles. The Bertz CT molecular complexity index is 475. The minimum Gasteiger partial charge on any atom is -0.462 e. The van der Waals surface area contributed by atoms with Crippen molar-refractivity contribution in [3.8, 4) is 0 Å². The number of hydrogen-bond acceptors (Lipinski definition) is 5. The molecule has 0 aliphatic rings. The summed E-state index contributed by atoms with van der Waals surface area (Å²) in [6, 6.07) is 5.01. The van der Waals surface area contributed by atoms with Crippen molar-refractivity contribution in [3.05, 3.63) is 23.8 Å². The molecule has 20 heavy (non-hydrogen) atoms. The number of hydrogen-bond donors (Lipinski definition) is 3. The van der Waals surface area contributed by atoms with Crippen molar-refractivity contribution < 1.29 is 14.3 Å². The summed E-state index contributed by atoms with van der Waals surface area (Å²) in [5.74, 6) is -0.600. The van der Waals surface area contributed by atoms with Crippen molar-refractivity contribution in [1.29, 1.82) is 0 Å². The molecule has 110 valence electrons. The van der Waals surface area contributed by atoms with E-state index >= 15 is 0 Å². The van der Waals surface area contributed by atoms with E-state index in [-0.39, 0.29) is 18.9 Å². The number of ether oxygens (including phenoxy) is 1. The third-order valence-corrected chi connectivity index (χ3v) is 2.54. The van der Waals surface area contributed by atoms with Gasteiger partial charge in [-0.2, -0.15) is 0 Å². The van der Waals surface area contributed by atoms with Gasteiger partial charge in [0.25, 0.3) is 0 Å². The van der Waals surface area contributed by atoms with Gasteiger partial charge in [-0.05, 0) is 32.0 Å². The number of anilines is 2. The lowest BCUT2D eigenvalue weighted by molar-refractivity contribution is -0.116. The second-order valence-electron chi connectivity index (χ2n) is 4.10. The Labute approximate surface area is 118 Å². The topological polar surface area (TPSA) is 93.5 Å². The van der Waals surface area contributed by atoms with E-state index in [0.29, 0.717) is 24.4 Å². The third-order valence-electron chi connectivity index (χ3n) is 2.54. The fourth-order valence-electron chi connectivity index (χ4n) is 1.68. The Kier molecular flexibility index (Phi) is 6.52. The highest BCUT2D eigenvalue weighted by molar-refractivity contribution is 5.98. The predicted molar refractivity (Wildman–Crippen MR) is 78.9 cm³/mol. The van der Waals surface area contributed by atoms with Crippen molar-refractivity contribution in [2.24, 2.45) is 5.73 Å². The molecule has 1 aromatic carbocycles. The molecule has 0 radical (unpaired) electrons. The van der Waals surface area contributed by atoms with E-state index in [2.05, 4.69) is 10.6 Å². The maximum atomic E-state index is 11.7. The Morgan fingerprint density at radius 3 is 2.60 bits per heavy atom. The van der Waals surface area contributed by atoms with Crippen molar-refractivity contribution in [2.75, 3.05) is 30.3 Å². The summed E-state index contributed by atoms with van der Waals surface area (Å²) in [5, 5.41) is 5.87. The van der Waals surface area contributed by atoms with Crippen LogP contribution in [0.5, 0.6) is 0 Å². The van der Waals surface area contributed by atoms with Crippen LogP contribution in [0.4, 0.5) is 11.4 Å². The highest BCUT2D eigenvalue weighted by atomic mass is 16.5. The zero-order chi connectivity index (χ0) is 15.0. The van der Waals surface area contributed by atoms with Gasteiger partial charge >= 0.3 is 5.97 Å². The van der Waals surface area contributed by atoms with Gasteiger partial charge in [-0.15, -0.1) is 0 Å². The average Bonchev–Trinajstić information content (AvgIpc) is 2.41. The van der Waals surface area contributed by atoms with Crippen molar-refractivity contribution >= 4 is 23.3 Å². The molecule has 1 rings (SSSR count). The van der Waals surface area contributed by atoms with Gasteiger partial charge < -0.3 is 21.1 Å². The highest BCUT2D eigenvalue weighted by Gasteiger charge is 2.12. The second kappa shape index (κ2) is 8.16. The number of amides is 1. The monoisotopic (exact) mass is 279 g/mol. The van der Waals surface area contributed by atoms with Crippen LogP contribution in [0.15, 0.2) is 18.2 Å². The van der Waals surface area contributed by atoms with Crippen LogP contribution in [-0.2, 0) is 9.53 Å². The van der Waals surface area contributed by atoms with E-state index in [1.54, 1.807) is 25.1 Å². The van der Waals surface area contributed by atoms with Crippen LogP contribution in [0, 0.1) is 0 Å². The minimum absolute atomic E-state index is 0.187. The standard InChI is InChI=1S/C14H21N3O3/c1-3-16-11-6-5-10(14(19)20-4-2)9-12(11)17-13(18)7-8-15/h5-6,9,16H,3-4,7-8,15H2,1-2H3,(H,17,18). The molecule has 0 saturated carbocycles. The maximum absolute atomic E-state index is 11.7. The quantitative estimate of drug-likeness (QED) is 0.659. The van der Waals surface area contributed by atoms with Crippen LogP contribution in [0.2, 0.25) is 0 Å². The van der Waals surface area contributed by atoms with Gasteiger partial charge in [-0.3, -0.25) is 4.79 Å². The third kappa shape index (κ3) is 4.55. The Balaban J connectivity index is 2.98. The van der Waals surface area contributed by atoms with E-state index in [9.17, 15) is 9.59 Å². The molecule has 0 bridgehead atoms. The molecule has 0 spiro atoms. The number of rotatable bonds is 7. The van der Waals surface area contributed by atoms with E-state index in [1.807, 2.05) is 6.92 Å². The lowest BCUT2D eigenvalue weighted by atomic mass is 10.1. The molecule has 1 aromatic rings. The molecule has 6 nitrogen and oxygen atoms in total. The summed E-state index contributed by atoms with van der Waals surface area (Å²) in [5.41, 5.74) is 7.05. The smallest absolute Gasteiger partial charge is 0.338 e. The molecule has 0 unspecified atom stereocenters. The molecule has 6 heteroatoms. The summed E-state index contributed by atoms with van der Waals surface area (Å²) >= 11 is 0. The van der Waals surface area contributed by atoms with Crippen LogP contribution >= 0.6 is 0 Å². The number of carbonyl (C=O) groups excluding carboxylic acids is 2. The molecule has 0 aromatic heterocycles. The van der Waals surface area contributed by atoms with Gasteiger partial charge in [0.2, 0.25) is 5.91 Å². The van der Waals surface area contributed by atoms with Crippen molar-refractivity contribution in [1.82, 2.24) is 0 Å². The van der Waals surface area contributed by atoms with Crippen LogP contribution in [0.1, 0.15) is 30.6 Å². The SMILES string of the molecule is CCNc1ccc(C(=O)OCC)cc1NC(=O)CCN. The van der Waals surface area contributed by atoms with Crippen molar-refractivity contribution in [3.63, 3.8) is 0 Å². The first-order chi connectivity index (χ1) is 9.62. The van der Waals surface area contributed by atoms with Crippen molar-refractivity contribution in [2.45, 2.75) is 20.3 Å². The lowest BCUT2D eigenvalue weighted by Gasteiger charge is -2.13. The maximum Gasteiger partial charge on any atom is 0.338 e. The molecule has 0 atom stereocenters.